The number of nitrogens with zero attached hydrogens (tertiary/aromatic N) is 2. The fourth-order valence-corrected chi connectivity index (χ4v) is 5.51. The number of rotatable bonds is 4. The highest BCUT2D eigenvalue weighted by molar-refractivity contribution is 7.90. The first-order chi connectivity index (χ1) is 14.1. The van der Waals surface area contributed by atoms with Crippen LogP contribution in [0.3, 0.4) is 0 Å². The zero-order chi connectivity index (χ0) is 21.5. The van der Waals surface area contributed by atoms with Crippen LogP contribution in [0, 0.1) is 0 Å². The number of amides is 1. The van der Waals surface area contributed by atoms with E-state index in [1.807, 2.05) is 26.8 Å². The zero-order valence-corrected chi connectivity index (χ0v) is 18.2. The van der Waals surface area contributed by atoms with E-state index in [1.165, 1.54) is 0 Å². The number of anilines is 2. The summed E-state index contributed by atoms with van der Waals surface area (Å²) in [7, 11) is -3.13. The number of sulfone groups is 1. The Labute approximate surface area is 175 Å². The number of aromatic amines is 1. The van der Waals surface area contributed by atoms with Crippen molar-refractivity contribution in [2.75, 3.05) is 5.32 Å². The van der Waals surface area contributed by atoms with Crippen molar-refractivity contribution in [3.8, 4) is 0 Å². The quantitative estimate of drug-likeness (QED) is 0.676. The van der Waals surface area contributed by atoms with Gasteiger partial charge in [0.25, 0.3) is 0 Å². The second-order valence-corrected chi connectivity index (χ2v) is 11.1. The molecule has 0 spiro atoms. The summed E-state index contributed by atoms with van der Waals surface area (Å²) < 4.78 is 29.4. The van der Waals surface area contributed by atoms with Crippen LogP contribution in [0.4, 0.5) is 16.3 Å². The molecule has 1 saturated carbocycles. The van der Waals surface area contributed by atoms with E-state index in [0.717, 1.165) is 25.0 Å². The fraction of sp³-hybridized carbons (Fsp3) is 0.550. The molecule has 10 heteroatoms. The van der Waals surface area contributed by atoms with E-state index in [-0.39, 0.29) is 35.2 Å². The molecule has 2 aliphatic rings. The number of fused-ring (bicyclic) bond motifs is 1. The standard InChI is InChI=1S/C20H27N5O4S/c1-20(2,3)23-19(26)29-13-5-4-12(8-13)16-9-18(25-24-16)22-15-6-7-21-17-11-30(27,28)10-14(15)17/h6-7,9,12-13H,4-5,8,10-11H2,1-3H3,(H,23,26)(H2,21,22,24,25)/t12-,13+/m0/s1. The largest absolute Gasteiger partial charge is 0.446 e. The van der Waals surface area contributed by atoms with Gasteiger partial charge in [-0.15, -0.1) is 0 Å². The van der Waals surface area contributed by atoms with Crippen molar-refractivity contribution >= 4 is 27.4 Å². The molecule has 2 aromatic heterocycles. The Bertz CT molecular complexity index is 1060. The highest BCUT2D eigenvalue weighted by Crippen LogP contribution is 2.37. The maximum absolute atomic E-state index is 12.0. The predicted octanol–water partition coefficient (Wildman–Crippen LogP) is 3.14. The highest BCUT2D eigenvalue weighted by atomic mass is 32.2. The van der Waals surface area contributed by atoms with Gasteiger partial charge in [-0.1, -0.05) is 0 Å². The van der Waals surface area contributed by atoms with Crippen molar-refractivity contribution in [1.82, 2.24) is 20.5 Å². The SMILES string of the molecule is CC(C)(C)NC(=O)O[C@@H]1CC[C@H](c2cc(Nc3ccnc4c3CS(=O)(=O)C4)n[nH]2)C1. The predicted molar refractivity (Wildman–Crippen MR) is 112 cm³/mol. The summed E-state index contributed by atoms with van der Waals surface area (Å²) in [5, 5.41) is 13.4. The lowest BCUT2D eigenvalue weighted by Gasteiger charge is -2.22. The highest BCUT2D eigenvalue weighted by Gasteiger charge is 2.31. The van der Waals surface area contributed by atoms with E-state index in [2.05, 4.69) is 25.8 Å². The minimum Gasteiger partial charge on any atom is -0.446 e. The molecular formula is C20H27N5O4S. The molecule has 30 heavy (non-hydrogen) atoms. The lowest BCUT2D eigenvalue weighted by Crippen LogP contribution is -2.42. The summed E-state index contributed by atoms with van der Waals surface area (Å²) in [6.45, 7) is 5.75. The first-order valence-corrected chi connectivity index (χ1v) is 11.9. The molecule has 3 heterocycles. The molecule has 0 saturated heterocycles. The number of hydrogen-bond donors (Lipinski definition) is 3. The third-order valence-electron chi connectivity index (χ3n) is 5.30. The summed E-state index contributed by atoms with van der Waals surface area (Å²) in [5.74, 6) is 0.825. The fourth-order valence-electron chi connectivity index (χ4n) is 3.98. The molecule has 0 bridgehead atoms. The van der Waals surface area contributed by atoms with Crippen LogP contribution < -0.4 is 10.6 Å². The number of ether oxygens (including phenoxy) is 1. The molecule has 9 nitrogen and oxygen atoms in total. The molecule has 1 aliphatic carbocycles. The van der Waals surface area contributed by atoms with Crippen LogP contribution in [0.25, 0.3) is 0 Å². The van der Waals surface area contributed by atoms with Gasteiger partial charge < -0.3 is 15.4 Å². The molecule has 162 valence electrons. The van der Waals surface area contributed by atoms with Crippen molar-refractivity contribution in [3.05, 3.63) is 35.3 Å². The topological polar surface area (TPSA) is 126 Å². The van der Waals surface area contributed by atoms with E-state index >= 15 is 0 Å². The Balaban J connectivity index is 1.38. The molecule has 2 aromatic rings. The van der Waals surface area contributed by atoms with Gasteiger partial charge in [0.05, 0.1) is 17.2 Å². The van der Waals surface area contributed by atoms with E-state index in [4.69, 9.17) is 4.74 Å². The van der Waals surface area contributed by atoms with Gasteiger partial charge in [-0.2, -0.15) is 5.10 Å². The number of H-pyrrole nitrogens is 1. The second kappa shape index (κ2) is 7.57. The maximum Gasteiger partial charge on any atom is 0.407 e. The van der Waals surface area contributed by atoms with Gasteiger partial charge in [0.2, 0.25) is 0 Å². The van der Waals surface area contributed by atoms with Crippen LogP contribution >= 0.6 is 0 Å². The average molecular weight is 434 g/mol. The van der Waals surface area contributed by atoms with Gasteiger partial charge in [0.15, 0.2) is 15.7 Å². The molecule has 4 rings (SSSR count). The Kier molecular flexibility index (Phi) is 5.21. The summed E-state index contributed by atoms with van der Waals surface area (Å²) in [4.78, 5) is 16.2. The first-order valence-electron chi connectivity index (χ1n) is 10.1. The molecule has 0 unspecified atom stereocenters. The Morgan fingerprint density at radius 2 is 2.07 bits per heavy atom. The van der Waals surface area contributed by atoms with Crippen molar-refractivity contribution in [2.45, 2.75) is 69.1 Å². The summed E-state index contributed by atoms with van der Waals surface area (Å²) in [6, 6.07) is 3.69. The van der Waals surface area contributed by atoms with Gasteiger partial charge in [0, 0.05) is 40.7 Å². The third kappa shape index (κ3) is 4.75. The van der Waals surface area contributed by atoms with Crippen LogP contribution in [-0.2, 0) is 26.1 Å². The minimum atomic E-state index is -3.13. The van der Waals surface area contributed by atoms with Crippen molar-refractivity contribution in [1.29, 1.82) is 0 Å². The molecular weight excluding hydrogens is 406 g/mol. The Morgan fingerprint density at radius 3 is 2.83 bits per heavy atom. The maximum atomic E-state index is 12.0. The van der Waals surface area contributed by atoms with Crippen molar-refractivity contribution in [3.63, 3.8) is 0 Å². The molecule has 0 radical (unpaired) electrons. The number of alkyl carbamates (subject to hydrolysis) is 1. The van der Waals surface area contributed by atoms with Crippen LogP contribution in [0.5, 0.6) is 0 Å². The molecule has 0 aromatic carbocycles. The monoisotopic (exact) mass is 433 g/mol. The summed E-state index contributed by atoms with van der Waals surface area (Å²) in [5.41, 5.74) is 2.66. The van der Waals surface area contributed by atoms with Crippen molar-refractivity contribution < 1.29 is 17.9 Å². The Hall–Kier alpha value is -2.62. The van der Waals surface area contributed by atoms with Gasteiger partial charge in [-0.25, -0.2) is 13.2 Å². The van der Waals surface area contributed by atoms with Crippen LogP contribution in [0.15, 0.2) is 18.3 Å². The van der Waals surface area contributed by atoms with Gasteiger partial charge in [0.1, 0.15) is 6.10 Å². The van der Waals surface area contributed by atoms with Gasteiger partial charge in [-0.05, 0) is 46.1 Å². The molecule has 1 aliphatic heterocycles. The number of pyridine rings is 1. The van der Waals surface area contributed by atoms with E-state index in [9.17, 15) is 13.2 Å². The third-order valence-corrected chi connectivity index (χ3v) is 6.74. The number of aromatic nitrogens is 3. The first kappa shape index (κ1) is 20.6. The van der Waals surface area contributed by atoms with Gasteiger partial charge in [-0.3, -0.25) is 10.1 Å². The lowest BCUT2D eigenvalue weighted by molar-refractivity contribution is 0.0936. The molecule has 1 fully saturated rings. The van der Waals surface area contributed by atoms with Crippen LogP contribution in [-0.4, -0.2) is 41.3 Å². The van der Waals surface area contributed by atoms with Crippen LogP contribution in [0.2, 0.25) is 0 Å². The van der Waals surface area contributed by atoms with Gasteiger partial charge >= 0.3 is 6.09 Å². The van der Waals surface area contributed by atoms with Crippen LogP contribution in [0.1, 0.15) is 62.9 Å². The molecule has 1 amide bonds. The number of nitrogens with one attached hydrogen (secondary N) is 3. The normalized spacial score (nSPS) is 22.5. The number of carbonyl (C=O) groups excluding carboxylic acids is 1. The summed E-state index contributed by atoms with van der Waals surface area (Å²) >= 11 is 0. The second-order valence-electron chi connectivity index (χ2n) is 9.06. The lowest BCUT2D eigenvalue weighted by atomic mass is 10.0. The van der Waals surface area contributed by atoms with E-state index < -0.39 is 9.84 Å². The summed E-state index contributed by atoms with van der Waals surface area (Å²) in [6.07, 6.45) is 3.55. The minimum absolute atomic E-state index is 0.00589. The molecule has 3 N–H and O–H groups in total. The Morgan fingerprint density at radius 1 is 1.27 bits per heavy atom. The smallest absolute Gasteiger partial charge is 0.407 e. The molecule has 2 atom stereocenters. The van der Waals surface area contributed by atoms with E-state index in [0.29, 0.717) is 22.8 Å². The average Bonchev–Trinajstić information content (AvgIpc) is 3.31. The van der Waals surface area contributed by atoms with Crippen molar-refractivity contribution in [2.24, 2.45) is 0 Å². The zero-order valence-electron chi connectivity index (χ0n) is 17.4. The number of carbonyl (C=O) groups is 1. The van der Waals surface area contributed by atoms with E-state index in [1.54, 1.807) is 12.3 Å². The number of hydrogen-bond acceptors (Lipinski definition) is 7.